The van der Waals surface area contributed by atoms with Crippen molar-refractivity contribution in [1.29, 1.82) is 0 Å². The Morgan fingerprint density at radius 3 is 3.25 bits per heavy atom. The standard InChI is InChI=1S/C21H26N2O/c1-15-12-13-23(20-9-5-3-6-17(15)20)21(24)11-10-16-14-22-19-8-4-2-7-18(16)19/h2-4,8,14-15,18,20,22H,5,7,9-13H2,1H3. The summed E-state index contributed by atoms with van der Waals surface area (Å²) < 4.78 is 0. The van der Waals surface area contributed by atoms with E-state index in [0.29, 0.717) is 30.2 Å². The van der Waals surface area contributed by atoms with Gasteiger partial charge >= 0.3 is 0 Å². The van der Waals surface area contributed by atoms with E-state index in [0.717, 1.165) is 38.6 Å². The van der Waals surface area contributed by atoms with Crippen LogP contribution in [0, 0.1) is 11.8 Å². The van der Waals surface area contributed by atoms with Crippen LogP contribution >= 0.6 is 0 Å². The van der Waals surface area contributed by atoms with E-state index in [-0.39, 0.29) is 0 Å². The lowest BCUT2D eigenvalue weighted by Gasteiger charge is -2.41. The first-order valence-electron chi connectivity index (χ1n) is 9.30. The lowest BCUT2D eigenvalue weighted by molar-refractivity contribution is -0.134. The van der Waals surface area contributed by atoms with Crippen LogP contribution < -0.4 is 5.32 Å². The second-order valence-corrected chi connectivity index (χ2v) is 7.38. The van der Waals surface area contributed by atoms with Crippen LogP contribution in [0.25, 0.3) is 0 Å². The van der Waals surface area contributed by atoms with E-state index in [4.69, 9.17) is 0 Å². The minimum absolute atomic E-state index is 0.301. The monoisotopic (exact) mass is 322 g/mol. The fourth-order valence-corrected chi connectivity index (χ4v) is 4.47. The molecule has 3 heteroatoms. The molecule has 0 aromatic carbocycles. The van der Waals surface area contributed by atoms with Crippen molar-refractivity contribution in [3.05, 3.63) is 53.1 Å². The summed E-state index contributed by atoms with van der Waals surface area (Å²) in [6.45, 7) is 3.18. The van der Waals surface area contributed by atoms with Gasteiger partial charge in [0, 0.05) is 30.8 Å². The summed E-state index contributed by atoms with van der Waals surface area (Å²) in [6, 6.07) is 0.301. The van der Waals surface area contributed by atoms with Crippen molar-refractivity contribution >= 4 is 5.91 Å². The fourth-order valence-electron chi connectivity index (χ4n) is 4.47. The molecule has 2 aliphatic heterocycles. The lowest BCUT2D eigenvalue weighted by atomic mass is 9.82. The van der Waals surface area contributed by atoms with Gasteiger partial charge in [0.15, 0.2) is 0 Å². The molecule has 2 heterocycles. The number of allylic oxidation sites excluding steroid dienone is 4. The lowest BCUT2D eigenvalue weighted by Crippen LogP contribution is -2.47. The molecule has 1 saturated heterocycles. The zero-order valence-electron chi connectivity index (χ0n) is 14.4. The number of carbonyl (C=O) groups is 1. The predicted molar refractivity (Wildman–Crippen MR) is 95.9 cm³/mol. The number of hydrogen-bond acceptors (Lipinski definition) is 2. The Kier molecular flexibility index (Phi) is 4.20. The molecule has 3 atom stereocenters. The molecule has 1 amide bonds. The van der Waals surface area contributed by atoms with Crippen LogP contribution in [0.5, 0.6) is 0 Å². The van der Waals surface area contributed by atoms with Gasteiger partial charge in [0.2, 0.25) is 5.91 Å². The van der Waals surface area contributed by atoms with E-state index in [1.54, 1.807) is 0 Å². The molecule has 1 fully saturated rings. The van der Waals surface area contributed by atoms with E-state index in [2.05, 4.69) is 53.4 Å². The van der Waals surface area contributed by atoms with Crippen LogP contribution in [0.2, 0.25) is 0 Å². The largest absolute Gasteiger partial charge is 0.365 e. The first-order chi connectivity index (χ1) is 11.7. The molecular weight excluding hydrogens is 296 g/mol. The Bertz CT molecular complexity index is 691. The topological polar surface area (TPSA) is 32.3 Å². The normalized spacial score (nSPS) is 30.8. The smallest absolute Gasteiger partial charge is 0.223 e. The molecule has 2 aliphatic carbocycles. The van der Waals surface area contributed by atoms with Crippen LogP contribution in [0.3, 0.4) is 0 Å². The molecule has 126 valence electrons. The van der Waals surface area contributed by atoms with Crippen molar-refractivity contribution in [3.8, 4) is 0 Å². The van der Waals surface area contributed by atoms with Crippen LogP contribution in [0.4, 0.5) is 0 Å². The second-order valence-electron chi connectivity index (χ2n) is 7.38. The molecule has 3 unspecified atom stereocenters. The van der Waals surface area contributed by atoms with Gasteiger partial charge in [-0.2, -0.15) is 0 Å². The molecule has 0 radical (unpaired) electrons. The van der Waals surface area contributed by atoms with Crippen LogP contribution in [0.1, 0.15) is 45.4 Å². The van der Waals surface area contributed by atoms with Gasteiger partial charge < -0.3 is 10.2 Å². The minimum Gasteiger partial charge on any atom is -0.365 e. The number of hydrogen-bond donors (Lipinski definition) is 1. The third-order valence-corrected chi connectivity index (χ3v) is 5.90. The van der Waals surface area contributed by atoms with Gasteiger partial charge in [-0.25, -0.2) is 0 Å². The molecule has 0 bridgehead atoms. The predicted octanol–water partition coefficient (Wildman–Crippen LogP) is 3.83. The van der Waals surface area contributed by atoms with E-state index < -0.39 is 0 Å². The summed E-state index contributed by atoms with van der Waals surface area (Å²) >= 11 is 0. The highest BCUT2D eigenvalue weighted by Crippen LogP contribution is 2.35. The summed E-state index contributed by atoms with van der Waals surface area (Å²) in [5.74, 6) is 1.36. The van der Waals surface area contributed by atoms with E-state index in [9.17, 15) is 4.79 Å². The number of nitrogens with zero attached hydrogens (tertiary/aromatic N) is 1. The molecule has 0 aromatic rings. The van der Waals surface area contributed by atoms with E-state index in [1.807, 2.05) is 0 Å². The van der Waals surface area contributed by atoms with E-state index >= 15 is 0 Å². The zero-order valence-corrected chi connectivity index (χ0v) is 14.4. The van der Waals surface area contributed by atoms with Gasteiger partial charge in [0.1, 0.15) is 0 Å². The van der Waals surface area contributed by atoms with Gasteiger partial charge in [0.05, 0.1) is 6.04 Å². The molecule has 0 aromatic heterocycles. The SMILES string of the molecule is CC1CCN(C(=O)CCC2=CNC3=CC=CCC23)C2CCC=C=C12. The number of carbonyl (C=O) groups excluding carboxylic acids is 1. The Hall–Kier alpha value is -1.99. The third kappa shape index (κ3) is 2.78. The number of nitrogens with one attached hydrogen (secondary N) is 1. The Morgan fingerprint density at radius 1 is 1.42 bits per heavy atom. The third-order valence-electron chi connectivity index (χ3n) is 5.90. The molecular formula is C21H26N2O. The van der Waals surface area contributed by atoms with Crippen molar-refractivity contribution in [2.45, 2.75) is 51.5 Å². The zero-order chi connectivity index (χ0) is 16.5. The quantitative estimate of drug-likeness (QED) is 0.801. The summed E-state index contributed by atoms with van der Waals surface area (Å²) in [6.07, 6.45) is 16.5. The van der Waals surface area contributed by atoms with Gasteiger partial charge in [-0.05, 0) is 61.3 Å². The van der Waals surface area contributed by atoms with Gasteiger partial charge in [-0.1, -0.05) is 19.1 Å². The molecule has 0 saturated carbocycles. The summed E-state index contributed by atoms with van der Waals surface area (Å²) in [5.41, 5.74) is 7.47. The first-order valence-corrected chi connectivity index (χ1v) is 9.30. The fraction of sp³-hybridized carbons (Fsp3) is 0.524. The van der Waals surface area contributed by atoms with Crippen molar-refractivity contribution in [2.24, 2.45) is 11.8 Å². The number of piperidine rings is 1. The Balaban J connectivity index is 1.39. The average Bonchev–Trinajstić information content (AvgIpc) is 3.03. The Morgan fingerprint density at radius 2 is 2.33 bits per heavy atom. The van der Waals surface area contributed by atoms with Crippen LogP contribution in [-0.4, -0.2) is 23.4 Å². The molecule has 4 rings (SSSR count). The average molecular weight is 322 g/mol. The maximum atomic E-state index is 12.9. The molecule has 0 spiro atoms. The van der Waals surface area contributed by atoms with Gasteiger partial charge in [-0.15, -0.1) is 5.73 Å². The summed E-state index contributed by atoms with van der Waals surface area (Å²) in [4.78, 5) is 15.0. The van der Waals surface area contributed by atoms with E-state index in [1.165, 1.54) is 16.8 Å². The summed E-state index contributed by atoms with van der Waals surface area (Å²) in [5, 5.41) is 3.37. The van der Waals surface area contributed by atoms with Crippen LogP contribution in [-0.2, 0) is 4.79 Å². The second kappa shape index (κ2) is 6.49. The number of rotatable bonds is 3. The van der Waals surface area contributed by atoms with Crippen molar-refractivity contribution in [3.63, 3.8) is 0 Å². The van der Waals surface area contributed by atoms with Gasteiger partial charge in [-0.3, -0.25) is 4.79 Å². The van der Waals surface area contributed by atoms with Crippen molar-refractivity contribution in [1.82, 2.24) is 10.2 Å². The van der Waals surface area contributed by atoms with Crippen LogP contribution in [0.15, 0.2) is 53.1 Å². The number of amides is 1. The maximum Gasteiger partial charge on any atom is 0.223 e. The molecule has 4 aliphatic rings. The maximum absolute atomic E-state index is 12.9. The first kappa shape index (κ1) is 15.5. The number of fused-ring (bicyclic) bond motifs is 2. The Labute approximate surface area is 144 Å². The minimum atomic E-state index is 0.301. The highest BCUT2D eigenvalue weighted by Gasteiger charge is 2.34. The summed E-state index contributed by atoms with van der Waals surface area (Å²) in [7, 11) is 0. The highest BCUT2D eigenvalue weighted by atomic mass is 16.2. The molecule has 24 heavy (non-hydrogen) atoms. The number of likely N-dealkylation sites (tertiary alicyclic amines) is 1. The van der Waals surface area contributed by atoms with Gasteiger partial charge in [0.25, 0.3) is 0 Å². The molecule has 3 nitrogen and oxygen atoms in total. The molecule has 1 N–H and O–H groups in total. The van der Waals surface area contributed by atoms with Crippen molar-refractivity contribution in [2.75, 3.05) is 6.54 Å². The van der Waals surface area contributed by atoms with Crippen molar-refractivity contribution < 1.29 is 4.79 Å². The highest BCUT2D eigenvalue weighted by molar-refractivity contribution is 5.77.